The van der Waals surface area contributed by atoms with Crippen LogP contribution in [0.15, 0.2) is 18.2 Å². The molecule has 0 spiro atoms. The molecule has 19 heavy (non-hydrogen) atoms. The van der Waals surface area contributed by atoms with E-state index in [2.05, 4.69) is 18.0 Å². The Kier molecular flexibility index (Phi) is 3.29. The normalized spacial score (nSPS) is 18.9. The van der Waals surface area contributed by atoms with E-state index in [4.69, 9.17) is 22.1 Å². The van der Waals surface area contributed by atoms with Gasteiger partial charge in [-0.15, -0.1) is 0 Å². The highest BCUT2D eigenvalue weighted by atomic mass is 35.5. The summed E-state index contributed by atoms with van der Waals surface area (Å²) in [6, 6.07) is 6.06. The van der Waals surface area contributed by atoms with Crippen molar-refractivity contribution in [1.82, 2.24) is 4.98 Å². The SMILES string of the molecule is Cc1[nH]c2c(Cl)cccc2c1C1(CN)CCOCC1. The summed E-state index contributed by atoms with van der Waals surface area (Å²) in [6.45, 7) is 4.32. The fourth-order valence-electron chi connectivity index (χ4n) is 3.31. The lowest BCUT2D eigenvalue weighted by Gasteiger charge is -2.37. The van der Waals surface area contributed by atoms with Crippen molar-refractivity contribution in [2.75, 3.05) is 19.8 Å². The third-order valence-electron chi connectivity index (χ3n) is 4.34. The second kappa shape index (κ2) is 4.82. The quantitative estimate of drug-likeness (QED) is 0.887. The van der Waals surface area contributed by atoms with Crippen LogP contribution in [0.1, 0.15) is 24.1 Å². The number of ether oxygens (including phenoxy) is 1. The van der Waals surface area contributed by atoms with Crippen LogP contribution in [0, 0.1) is 6.92 Å². The van der Waals surface area contributed by atoms with Crippen molar-refractivity contribution in [2.45, 2.75) is 25.2 Å². The van der Waals surface area contributed by atoms with Crippen LogP contribution >= 0.6 is 11.6 Å². The van der Waals surface area contributed by atoms with Gasteiger partial charge in [-0.1, -0.05) is 23.7 Å². The molecule has 0 bridgehead atoms. The van der Waals surface area contributed by atoms with Crippen molar-refractivity contribution in [1.29, 1.82) is 0 Å². The minimum Gasteiger partial charge on any atom is -0.381 e. The van der Waals surface area contributed by atoms with Gasteiger partial charge in [0.25, 0.3) is 0 Å². The molecule has 0 unspecified atom stereocenters. The van der Waals surface area contributed by atoms with Gasteiger partial charge in [0, 0.05) is 36.3 Å². The molecule has 0 radical (unpaired) electrons. The second-order valence-electron chi connectivity index (χ2n) is 5.38. The first-order valence-corrected chi connectivity index (χ1v) is 7.11. The summed E-state index contributed by atoms with van der Waals surface area (Å²) in [5.74, 6) is 0. The lowest BCUT2D eigenvalue weighted by Crippen LogP contribution is -2.41. The average Bonchev–Trinajstić information content (AvgIpc) is 2.78. The molecule has 1 aliphatic rings. The molecule has 1 aliphatic heterocycles. The van der Waals surface area contributed by atoms with Gasteiger partial charge >= 0.3 is 0 Å². The molecule has 0 atom stereocenters. The van der Waals surface area contributed by atoms with Crippen LogP contribution in [-0.2, 0) is 10.2 Å². The fraction of sp³-hybridized carbons (Fsp3) is 0.467. The van der Waals surface area contributed by atoms with E-state index in [1.165, 1.54) is 16.6 Å². The number of hydrogen-bond donors (Lipinski definition) is 2. The van der Waals surface area contributed by atoms with Gasteiger partial charge < -0.3 is 15.5 Å². The van der Waals surface area contributed by atoms with E-state index in [1.807, 2.05) is 12.1 Å². The van der Waals surface area contributed by atoms with Gasteiger partial charge in [0.1, 0.15) is 0 Å². The summed E-state index contributed by atoms with van der Waals surface area (Å²) in [5, 5.41) is 1.98. The number of aryl methyl sites for hydroxylation is 1. The van der Waals surface area contributed by atoms with Crippen LogP contribution in [0.5, 0.6) is 0 Å². The first-order valence-electron chi connectivity index (χ1n) is 6.73. The minimum absolute atomic E-state index is 0.0191. The Labute approximate surface area is 118 Å². The lowest BCUT2D eigenvalue weighted by molar-refractivity contribution is 0.0532. The number of rotatable bonds is 2. The van der Waals surface area contributed by atoms with Crippen molar-refractivity contribution in [2.24, 2.45) is 5.73 Å². The van der Waals surface area contributed by atoms with Crippen LogP contribution < -0.4 is 5.73 Å². The minimum atomic E-state index is 0.0191. The maximum atomic E-state index is 6.28. The van der Waals surface area contributed by atoms with Crippen LogP contribution in [0.25, 0.3) is 10.9 Å². The van der Waals surface area contributed by atoms with E-state index in [0.29, 0.717) is 6.54 Å². The highest BCUT2D eigenvalue weighted by molar-refractivity contribution is 6.35. The molecule has 1 saturated heterocycles. The van der Waals surface area contributed by atoms with Gasteiger partial charge in [0.05, 0.1) is 10.5 Å². The molecule has 4 heteroatoms. The van der Waals surface area contributed by atoms with Gasteiger partial charge in [-0.3, -0.25) is 0 Å². The molecule has 0 aliphatic carbocycles. The molecule has 3 N–H and O–H groups in total. The van der Waals surface area contributed by atoms with Crippen LogP contribution in [-0.4, -0.2) is 24.7 Å². The Morgan fingerprint density at radius 1 is 1.37 bits per heavy atom. The third-order valence-corrected chi connectivity index (χ3v) is 4.66. The molecule has 102 valence electrons. The summed E-state index contributed by atoms with van der Waals surface area (Å²) in [5.41, 5.74) is 9.67. The maximum absolute atomic E-state index is 6.28. The van der Waals surface area contributed by atoms with E-state index >= 15 is 0 Å². The van der Waals surface area contributed by atoms with Crippen molar-refractivity contribution < 1.29 is 4.74 Å². The lowest BCUT2D eigenvalue weighted by atomic mass is 9.73. The molecule has 2 heterocycles. The summed E-state index contributed by atoms with van der Waals surface area (Å²) in [7, 11) is 0. The predicted octanol–water partition coefficient (Wildman–Crippen LogP) is 3.14. The number of nitrogens with two attached hydrogens (primary N) is 1. The number of hydrogen-bond acceptors (Lipinski definition) is 2. The summed E-state index contributed by atoms with van der Waals surface area (Å²) in [4.78, 5) is 3.42. The van der Waals surface area contributed by atoms with Crippen molar-refractivity contribution in [3.63, 3.8) is 0 Å². The Bertz CT molecular complexity index is 599. The molecule has 1 aromatic carbocycles. The first kappa shape index (κ1) is 13.0. The fourth-order valence-corrected chi connectivity index (χ4v) is 3.54. The Morgan fingerprint density at radius 3 is 2.79 bits per heavy atom. The van der Waals surface area contributed by atoms with Gasteiger partial charge in [-0.2, -0.15) is 0 Å². The highest BCUT2D eigenvalue weighted by Crippen LogP contribution is 2.41. The summed E-state index contributed by atoms with van der Waals surface area (Å²) < 4.78 is 5.51. The topological polar surface area (TPSA) is 51.0 Å². The van der Waals surface area contributed by atoms with Crippen molar-refractivity contribution in [3.05, 3.63) is 34.5 Å². The van der Waals surface area contributed by atoms with Crippen LogP contribution in [0.4, 0.5) is 0 Å². The number of benzene rings is 1. The Morgan fingerprint density at radius 2 is 2.11 bits per heavy atom. The van der Waals surface area contributed by atoms with Gasteiger partial charge in [-0.25, -0.2) is 0 Å². The van der Waals surface area contributed by atoms with Gasteiger partial charge in [0.15, 0.2) is 0 Å². The number of H-pyrrole nitrogens is 1. The Balaban J connectivity index is 2.23. The number of para-hydroxylation sites is 1. The molecule has 0 saturated carbocycles. The van der Waals surface area contributed by atoms with E-state index in [-0.39, 0.29) is 5.41 Å². The number of halogens is 1. The third kappa shape index (κ3) is 1.97. The molecular formula is C15H19ClN2O. The van der Waals surface area contributed by atoms with Crippen LogP contribution in [0.2, 0.25) is 5.02 Å². The van der Waals surface area contributed by atoms with E-state index in [9.17, 15) is 0 Å². The number of aromatic nitrogens is 1. The summed E-state index contributed by atoms with van der Waals surface area (Å²) in [6.07, 6.45) is 1.95. The summed E-state index contributed by atoms with van der Waals surface area (Å²) >= 11 is 6.28. The first-order chi connectivity index (χ1) is 9.18. The standard InChI is InChI=1S/C15H19ClN2O/c1-10-13(15(9-17)5-7-19-8-6-15)11-3-2-4-12(16)14(11)18-10/h2-4,18H,5-9,17H2,1H3. The average molecular weight is 279 g/mol. The monoisotopic (exact) mass is 278 g/mol. The Hall–Kier alpha value is -1.03. The van der Waals surface area contributed by atoms with E-state index in [0.717, 1.165) is 36.6 Å². The van der Waals surface area contributed by atoms with Crippen molar-refractivity contribution >= 4 is 22.5 Å². The highest BCUT2D eigenvalue weighted by Gasteiger charge is 2.36. The zero-order valence-electron chi connectivity index (χ0n) is 11.1. The molecular weight excluding hydrogens is 260 g/mol. The predicted molar refractivity (Wildman–Crippen MR) is 78.8 cm³/mol. The zero-order valence-corrected chi connectivity index (χ0v) is 11.9. The largest absolute Gasteiger partial charge is 0.381 e. The van der Waals surface area contributed by atoms with E-state index < -0.39 is 0 Å². The molecule has 1 fully saturated rings. The number of nitrogens with one attached hydrogen (secondary N) is 1. The molecule has 3 nitrogen and oxygen atoms in total. The van der Waals surface area contributed by atoms with Crippen LogP contribution in [0.3, 0.4) is 0 Å². The van der Waals surface area contributed by atoms with Gasteiger partial charge in [0.2, 0.25) is 0 Å². The molecule has 3 rings (SSSR count). The zero-order chi connectivity index (χ0) is 13.5. The number of fused-ring (bicyclic) bond motifs is 1. The molecule has 2 aromatic rings. The smallest absolute Gasteiger partial charge is 0.0648 e. The molecule has 1 aromatic heterocycles. The second-order valence-corrected chi connectivity index (χ2v) is 5.79. The van der Waals surface area contributed by atoms with E-state index in [1.54, 1.807) is 0 Å². The maximum Gasteiger partial charge on any atom is 0.0648 e. The van der Waals surface area contributed by atoms with Gasteiger partial charge in [-0.05, 0) is 31.4 Å². The van der Waals surface area contributed by atoms with Crippen molar-refractivity contribution in [3.8, 4) is 0 Å². The number of aromatic amines is 1. The molecule has 0 amide bonds.